The van der Waals surface area contributed by atoms with E-state index in [0.29, 0.717) is 19.3 Å². The van der Waals surface area contributed by atoms with E-state index in [9.17, 15) is 14.4 Å². The minimum atomic E-state index is -0.809. The number of ether oxygens (including phenoxy) is 3. The van der Waals surface area contributed by atoms with Crippen molar-refractivity contribution in [1.82, 2.24) is 0 Å². The second-order valence-electron chi connectivity index (χ2n) is 17.4. The van der Waals surface area contributed by atoms with Crippen LogP contribution < -0.4 is 0 Å². The van der Waals surface area contributed by atoms with Gasteiger partial charge in [0.25, 0.3) is 0 Å². The minimum Gasteiger partial charge on any atom is -0.462 e. The Morgan fingerprint density at radius 3 is 1.02 bits per heavy atom. The molecule has 370 valence electrons. The van der Waals surface area contributed by atoms with Gasteiger partial charge < -0.3 is 14.2 Å². The van der Waals surface area contributed by atoms with E-state index in [0.717, 1.165) is 116 Å². The quantitative estimate of drug-likeness (QED) is 0.0262. The minimum absolute atomic E-state index is 0.104. The van der Waals surface area contributed by atoms with Crippen molar-refractivity contribution < 1.29 is 28.6 Å². The van der Waals surface area contributed by atoms with E-state index >= 15 is 0 Å². The fourth-order valence-electron chi connectivity index (χ4n) is 7.02. The maximum atomic E-state index is 12.8. The van der Waals surface area contributed by atoms with Crippen LogP contribution in [0.15, 0.2) is 97.2 Å². The third-order valence-electron chi connectivity index (χ3n) is 11.0. The summed E-state index contributed by atoms with van der Waals surface area (Å²) in [6.45, 7) is 6.42. The van der Waals surface area contributed by atoms with Crippen molar-refractivity contribution in [3.8, 4) is 0 Å². The highest BCUT2D eigenvalue weighted by molar-refractivity contribution is 5.71. The van der Waals surface area contributed by atoms with Gasteiger partial charge in [0.15, 0.2) is 6.10 Å². The summed E-state index contributed by atoms with van der Waals surface area (Å²) in [5.41, 5.74) is 0. The number of hydrogen-bond donors (Lipinski definition) is 0. The number of esters is 3. The zero-order valence-electron chi connectivity index (χ0n) is 42.2. The fraction of sp³-hybridized carbons (Fsp3) is 0.678. The van der Waals surface area contributed by atoms with Crippen molar-refractivity contribution in [2.75, 3.05) is 13.2 Å². The molecule has 0 aliphatic heterocycles. The molecule has 0 aliphatic rings. The van der Waals surface area contributed by atoms with E-state index < -0.39 is 6.10 Å². The molecule has 0 bridgehead atoms. The molecule has 65 heavy (non-hydrogen) atoms. The van der Waals surface area contributed by atoms with Gasteiger partial charge in [-0.25, -0.2) is 0 Å². The first-order valence-electron chi connectivity index (χ1n) is 26.7. The number of hydrogen-bond acceptors (Lipinski definition) is 6. The summed E-state index contributed by atoms with van der Waals surface area (Å²) >= 11 is 0. The molecular formula is C59H98O6. The van der Waals surface area contributed by atoms with E-state index in [1.54, 1.807) is 0 Å². The summed E-state index contributed by atoms with van der Waals surface area (Å²) < 4.78 is 16.8. The molecule has 1 atom stereocenters. The second kappa shape index (κ2) is 52.9. The van der Waals surface area contributed by atoms with E-state index in [1.807, 2.05) is 0 Å². The number of carbonyl (C=O) groups is 3. The highest BCUT2D eigenvalue weighted by atomic mass is 16.6. The number of unbranched alkanes of at least 4 members (excludes halogenated alkanes) is 20. The number of carbonyl (C=O) groups excluding carboxylic acids is 3. The molecule has 6 nitrogen and oxygen atoms in total. The first kappa shape index (κ1) is 61.3. The first-order valence-corrected chi connectivity index (χ1v) is 26.7. The van der Waals surface area contributed by atoms with Crippen LogP contribution in [0.5, 0.6) is 0 Å². The van der Waals surface area contributed by atoms with Gasteiger partial charge >= 0.3 is 17.9 Å². The van der Waals surface area contributed by atoms with Crippen LogP contribution in [0.3, 0.4) is 0 Å². The lowest BCUT2D eigenvalue weighted by Gasteiger charge is -2.18. The molecule has 0 fully saturated rings. The molecular weight excluding hydrogens is 805 g/mol. The zero-order chi connectivity index (χ0) is 47.2. The predicted octanol–water partition coefficient (Wildman–Crippen LogP) is 17.8. The van der Waals surface area contributed by atoms with Gasteiger partial charge in [0, 0.05) is 19.3 Å². The molecule has 0 spiro atoms. The van der Waals surface area contributed by atoms with Crippen molar-refractivity contribution in [1.29, 1.82) is 0 Å². The Morgan fingerprint density at radius 2 is 0.600 bits per heavy atom. The van der Waals surface area contributed by atoms with Crippen LogP contribution in [-0.4, -0.2) is 37.2 Å². The van der Waals surface area contributed by atoms with Gasteiger partial charge in [0.1, 0.15) is 13.2 Å². The Balaban J connectivity index is 4.47. The fourth-order valence-corrected chi connectivity index (χ4v) is 7.02. The molecule has 0 radical (unpaired) electrons. The van der Waals surface area contributed by atoms with Crippen LogP contribution in [-0.2, 0) is 28.6 Å². The summed E-state index contributed by atoms with van der Waals surface area (Å²) in [7, 11) is 0. The molecule has 0 saturated heterocycles. The number of rotatable bonds is 47. The summed E-state index contributed by atoms with van der Waals surface area (Å²) in [5.74, 6) is -0.969. The molecule has 0 rings (SSSR count). The van der Waals surface area contributed by atoms with Crippen molar-refractivity contribution >= 4 is 17.9 Å². The smallest absolute Gasteiger partial charge is 0.306 e. The van der Waals surface area contributed by atoms with Gasteiger partial charge in [-0.05, 0) is 122 Å². The summed E-state index contributed by atoms with van der Waals surface area (Å²) in [6, 6.07) is 0. The molecule has 0 saturated carbocycles. The van der Waals surface area contributed by atoms with E-state index in [2.05, 4.69) is 118 Å². The molecule has 0 N–H and O–H groups in total. The Morgan fingerprint density at radius 1 is 0.323 bits per heavy atom. The lowest BCUT2D eigenvalue weighted by Crippen LogP contribution is -2.30. The largest absolute Gasteiger partial charge is 0.462 e. The molecule has 1 unspecified atom stereocenters. The van der Waals surface area contributed by atoms with E-state index in [1.165, 1.54) is 77.0 Å². The van der Waals surface area contributed by atoms with Gasteiger partial charge in [-0.15, -0.1) is 0 Å². The van der Waals surface area contributed by atoms with Crippen LogP contribution in [0.2, 0.25) is 0 Å². The summed E-state index contributed by atoms with van der Waals surface area (Å²) in [4.78, 5) is 38.0. The molecule has 0 aromatic carbocycles. The first-order chi connectivity index (χ1) is 32.0. The van der Waals surface area contributed by atoms with Gasteiger partial charge in [-0.2, -0.15) is 0 Å². The zero-order valence-corrected chi connectivity index (χ0v) is 42.2. The van der Waals surface area contributed by atoms with Crippen LogP contribution >= 0.6 is 0 Å². The standard InChI is InChI=1S/C59H98O6/c1-4-7-10-13-16-19-22-25-27-28-29-30-32-34-37-40-43-46-49-52-58(61)64-55-56(54-63-57(60)51-48-45-42-39-36-33-24-21-18-15-12-9-6-3)65-59(62)53-50-47-44-41-38-35-31-26-23-20-17-14-11-8-5-2/h8,11,16-17,19-21,24-27,29-31,38,41,56H,4-7,9-10,12-15,18,22-23,28,32-37,39-40,42-55H2,1-3H3/b11-8-,19-16-,20-17-,24-21-,27-25-,30-29-,31-26-,41-38-. The van der Waals surface area contributed by atoms with Crippen molar-refractivity contribution in [2.24, 2.45) is 0 Å². The normalized spacial score (nSPS) is 12.8. The average Bonchev–Trinajstić information content (AvgIpc) is 3.30. The molecule has 0 aliphatic carbocycles. The van der Waals surface area contributed by atoms with Crippen LogP contribution in [0.1, 0.15) is 239 Å². The van der Waals surface area contributed by atoms with Gasteiger partial charge in [-0.1, -0.05) is 195 Å². The highest BCUT2D eigenvalue weighted by Crippen LogP contribution is 2.13. The van der Waals surface area contributed by atoms with Crippen molar-refractivity contribution in [2.45, 2.75) is 245 Å². The van der Waals surface area contributed by atoms with Crippen LogP contribution in [0.4, 0.5) is 0 Å². The summed E-state index contributed by atoms with van der Waals surface area (Å²) in [6.07, 6.45) is 69.6. The SMILES string of the molecule is CC/C=C\C/C=C\C/C=C\C/C=C\CCCCC(=O)OC(COC(=O)CCCCCCC/C=C\CCCCCC)COC(=O)CCCCCCCC/C=C\C/C=C\C/C=C\CCCCC. The number of allylic oxidation sites excluding steroid dienone is 16. The molecule has 6 heteroatoms. The van der Waals surface area contributed by atoms with Gasteiger partial charge in [0.2, 0.25) is 0 Å². The average molecular weight is 903 g/mol. The van der Waals surface area contributed by atoms with E-state index in [-0.39, 0.29) is 37.5 Å². The Bertz CT molecular complexity index is 1310. The highest BCUT2D eigenvalue weighted by Gasteiger charge is 2.19. The molecule has 0 heterocycles. The van der Waals surface area contributed by atoms with Gasteiger partial charge in [-0.3, -0.25) is 14.4 Å². The Labute approximate surface area is 400 Å². The van der Waals surface area contributed by atoms with Crippen molar-refractivity contribution in [3.05, 3.63) is 97.2 Å². The maximum absolute atomic E-state index is 12.8. The second-order valence-corrected chi connectivity index (χ2v) is 17.4. The van der Waals surface area contributed by atoms with E-state index in [4.69, 9.17) is 14.2 Å². The van der Waals surface area contributed by atoms with Crippen LogP contribution in [0, 0.1) is 0 Å². The lowest BCUT2D eigenvalue weighted by molar-refractivity contribution is -0.167. The Kier molecular flexibility index (Phi) is 50.0. The van der Waals surface area contributed by atoms with Crippen molar-refractivity contribution in [3.63, 3.8) is 0 Å². The van der Waals surface area contributed by atoms with Crippen LogP contribution in [0.25, 0.3) is 0 Å². The topological polar surface area (TPSA) is 78.9 Å². The predicted molar refractivity (Wildman–Crippen MR) is 279 cm³/mol. The third-order valence-corrected chi connectivity index (χ3v) is 11.0. The molecule has 0 amide bonds. The molecule has 0 aromatic rings. The summed E-state index contributed by atoms with van der Waals surface area (Å²) in [5, 5.41) is 0. The van der Waals surface area contributed by atoms with Gasteiger partial charge in [0.05, 0.1) is 0 Å². The molecule has 0 aromatic heterocycles. The monoisotopic (exact) mass is 903 g/mol. The maximum Gasteiger partial charge on any atom is 0.306 e. The Hall–Kier alpha value is -3.67. The third kappa shape index (κ3) is 51.2. The lowest BCUT2D eigenvalue weighted by atomic mass is 10.1.